The van der Waals surface area contributed by atoms with Crippen LogP contribution in [0.3, 0.4) is 0 Å². The summed E-state index contributed by atoms with van der Waals surface area (Å²) in [6.07, 6.45) is 3.87. The second kappa shape index (κ2) is 5.60. The summed E-state index contributed by atoms with van der Waals surface area (Å²) in [4.78, 5) is 11.7. The van der Waals surface area contributed by atoms with Crippen molar-refractivity contribution in [2.75, 3.05) is 5.32 Å². The number of carbonyl (C=O) groups excluding carboxylic acids is 1. The lowest BCUT2D eigenvalue weighted by molar-refractivity contribution is -0.254. The number of rotatable bonds is 2. The van der Waals surface area contributed by atoms with Crippen LogP contribution in [-0.4, -0.2) is 5.97 Å². The second-order valence-corrected chi connectivity index (χ2v) is 8.48. The van der Waals surface area contributed by atoms with Gasteiger partial charge in [-0.15, -0.1) is 0 Å². The van der Waals surface area contributed by atoms with Crippen molar-refractivity contribution in [3.8, 4) is 0 Å². The van der Waals surface area contributed by atoms with Crippen molar-refractivity contribution in [1.29, 1.82) is 0 Å². The van der Waals surface area contributed by atoms with E-state index in [1.807, 2.05) is 6.07 Å². The van der Waals surface area contributed by atoms with Crippen LogP contribution < -0.4 is 10.4 Å². The minimum absolute atomic E-state index is 0.184. The van der Waals surface area contributed by atoms with Crippen LogP contribution in [0.25, 0.3) is 0 Å². The number of carboxylic acids is 1. The Hall–Kier alpha value is -2.29. The van der Waals surface area contributed by atoms with Crippen molar-refractivity contribution in [2.45, 2.75) is 45.1 Å². The summed E-state index contributed by atoms with van der Waals surface area (Å²) in [5, 5.41) is 15.4. The molecule has 5 rings (SSSR count). The molecule has 5 atom stereocenters. The Kier molecular flexibility index (Phi) is 3.43. The van der Waals surface area contributed by atoms with E-state index in [1.165, 1.54) is 41.5 Å². The van der Waals surface area contributed by atoms with E-state index in [4.69, 9.17) is 0 Å². The smallest absolute Gasteiger partial charge is 0.0736 e. The molecule has 0 aromatic heterocycles. The predicted octanol–water partition coefficient (Wildman–Crippen LogP) is 3.96. The maximum absolute atomic E-state index is 11.7. The van der Waals surface area contributed by atoms with E-state index in [-0.39, 0.29) is 6.04 Å². The molecule has 0 amide bonds. The first kappa shape index (κ1) is 15.9. The van der Waals surface area contributed by atoms with Crippen LogP contribution in [0, 0.1) is 31.6 Å². The third kappa shape index (κ3) is 2.16. The maximum atomic E-state index is 11.7. The van der Waals surface area contributed by atoms with Gasteiger partial charge in [0.1, 0.15) is 0 Å². The van der Waals surface area contributed by atoms with E-state index in [0.29, 0.717) is 23.3 Å². The minimum atomic E-state index is -1.09. The van der Waals surface area contributed by atoms with Crippen molar-refractivity contribution in [2.24, 2.45) is 17.8 Å². The van der Waals surface area contributed by atoms with Crippen LogP contribution in [0.2, 0.25) is 0 Å². The van der Waals surface area contributed by atoms with Gasteiger partial charge in [-0.25, -0.2) is 0 Å². The van der Waals surface area contributed by atoms with Crippen molar-refractivity contribution in [1.82, 2.24) is 0 Å². The van der Waals surface area contributed by atoms with E-state index in [9.17, 15) is 9.90 Å². The normalized spacial score (nSPS) is 31.2. The molecule has 2 bridgehead atoms. The van der Waals surface area contributed by atoms with Crippen molar-refractivity contribution >= 4 is 11.7 Å². The number of carboxylic acid groups (broad SMARTS) is 1. The topological polar surface area (TPSA) is 52.2 Å². The molecule has 0 radical (unpaired) electrons. The molecule has 2 aromatic carbocycles. The minimum Gasteiger partial charge on any atom is -0.545 e. The molecule has 0 unspecified atom stereocenters. The number of carbonyl (C=O) groups is 1. The fraction of sp³-hybridized carbons (Fsp3) is 0.435. The Morgan fingerprint density at radius 2 is 1.88 bits per heavy atom. The molecule has 2 aliphatic carbocycles. The standard InChI is InChI=1S/C23H25NO2/c1-12-6-7-13(2)18(10-12)22-20-15-9-8-14(11-15)19(20)16-4-3-5-17(23(25)26)21(16)24-22/h3-7,10,14-15,19-20,22,24H,8-9,11H2,1-2H3,(H,25,26)/p-1/t14-,15-,19+,20-,22+/m0/s1. The molecule has 1 heterocycles. The number of benzene rings is 2. The molecule has 3 aliphatic rings. The van der Waals surface area contributed by atoms with Crippen LogP contribution in [-0.2, 0) is 0 Å². The quantitative estimate of drug-likeness (QED) is 0.895. The molecule has 1 aliphatic heterocycles. The largest absolute Gasteiger partial charge is 0.545 e. The molecular formula is C23H24NO2-. The van der Waals surface area contributed by atoms with Crippen LogP contribution in [0.15, 0.2) is 36.4 Å². The SMILES string of the molecule is Cc1ccc(C)c([C@H]2Nc3c(C(=O)[O-])cccc3[C@H]3[C@H]4CC[C@@H](C4)[C@@H]32)c1. The summed E-state index contributed by atoms with van der Waals surface area (Å²) in [7, 11) is 0. The molecule has 134 valence electrons. The van der Waals surface area contributed by atoms with Gasteiger partial charge in [0.15, 0.2) is 0 Å². The van der Waals surface area contributed by atoms with Crippen molar-refractivity contribution in [3.63, 3.8) is 0 Å². The second-order valence-electron chi connectivity index (χ2n) is 8.48. The average molecular weight is 346 g/mol. The van der Waals surface area contributed by atoms with Crippen molar-refractivity contribution < 1.29 is 9.90 Å². The molecule has 3 nitrogen and oxygen atoms in total. The van der Waals surface area contributed by atoms with Gasteiger partial charge in [-0.3, -0.25) is 0 Å². The molecule has 1 N–H and O–H groups in total. The summed E-state index contributed by atoms with van der Waals surface area (Å²) in [6.45, 7) is 4.30. The molecule has 2 saturated carbocycles. The first-order valence-corrected chi connectivity index (χ1v) is 9.72. The van der Waals surface area contributed by atoms with E-state index < -0.39 is 5.97 Å². The van der Waals surface area contributed by atoms with Gasteiger partial charge in [0.25, 0.3) is 0 Å². The number of fused-ring (bicyclic) bond motifs is 7. The lowest BCUT2D eigenvalue weighted by Crippen LogP contribution is -2.37. The van der Waals surface area contributed by atoms with Gasteiger partial charge in [-0.1, -0.05) is 42.0 Å². The highest BCUT2D eigenvalue weighted by Gasteiger charge is 2.54. The van der Waals surface area contributed by atoms with Gasteiger partial charge >= 0.3 is 0 Å². The molecule has 0 saturated heterocycles. The van der Waals surface area contributed by atoms with Crippen LogP contribution >= 0.6 is 0 Å². The summed E-state index contributed by atoms with van der Waals surface area (Å²) < 4.78 is 0. The zero-order valence-electron chi connectivity index (χ0n) is 15.3. The third-order valence-electron chi connectivity index (χ3n) is 7.11. The Labute approximate surface area is 154 Å². The molecule has 2 aromatic rings. The van der Waals surface area contributed by atoms with Gasteiger partial charge in [0.2, 0.25) is 0 Å². The summed E-state index contributed by atoms with van der Waals surface area (Å²) in [5.41, 5.74) is 6.16. The van der Waals surface area contributed by atoms with E-state index >= 15 is 0 Å². The Balaban J connectivity index is 1.70. The zero-order valence-corrected chi connectivity index (χ0v) is 15.3. The fourth-order valence-corrected chi connectivity index (χ4v) is 6.09. The summed E-state index contributed by atoms with van der Waals surface area (Å²) in [5.74, 6) is 1.36. The molecule has 3 heteroatoms. The monoisotopic (exact) mass is 346 g/mol. The molecule has 26 heavy (non-hydrogen) atoms. The average Bonchev–Trinajstić information content (AvgIpc) is 3.25. The molecule has 0 spiro atoms. The number of hydrogen-bond acceptors (Lipinski definition) is 3. The van der Waals surface area contributed by atoms with Crippen LogP contribution in [0.4, 0.5) is 5.69 Å². The zero-order chi connectivity index (χ0) is 18.0. The van der Waals surface area contributed by atoms with Gasteiger partial charge in [0, 0.05) is 11.3 Å². The Bertz CT molecular complexity index is 903. The highest BCUT2D eigenvalue weighted by Crippen LogP contribution is 2.64. The number of anilines is 1. The lowest BCUT2D eigenvalue weighted by Gasteiger charge is -2.44. The van der Waals surface area contributed by atoms with Gasteiger partial charge in [0.05, 0.1) is 12.0 Å². The van der Waals surface area contributed by atoms with Gasteiger partial charge < -0.3 is 15.2 Å². The summed E-state index contributed by atoms with van der Waals surface area (Å²) in [6, 6.07) is 12.5. The molecular weight excluding hydrogens is 322 g/mol. The van der Waals surface area contributed by atoms with Gasteiger partial charge in [-0.2, -0.15) is 0 Å². The first-order valence-electron chi connectivity index (χ1n) is 9.72. The Morgan fingerprint density at radius 3 is 2.69 bits per heavy atom. The van der Waals surface area contributed by atoms with Crippen LogP contribution in [0.1, 0.15) is 63.8 Å². The highest BCUT2D eigenvalue weighted by atomic mass is 16.4. The van der Waals surface area contributed by atoms with E-state index in [0.717, 1.165) is 11.6 Å². The fourth-order valence-electron chi connectivity index (χ4n) is 6.09. The highest BCUT2D eigenvalue weighted by molar-refractivity contribution is 5.94. The third-order valence-corrected chi connectivity index (χ3v) is 7.11. The lowest BCUT2D eigenvalue weighted by atomic mass is 9.67. The number of hydrogen-bond donors (Lipinski definition) is 1. The van der Waals surface area contributed by atoms with E-state index in [1.54, 1.807) is 6.07 Å². The number of aromatic carboxylic acids is 1. The van der Waals surface area contributed by atoms with Gasteiger partial charge in [-0.05, 0) is 73.5 Å². The number of aryl methyl sites for hydroxylation is 2. The maximum Gasteiger partial charge on any atom is 0.0736 e. The number of nitrogens with one attached hydrogen (secondary N) is 1. The predicted molar refractivity (Wildman–Crippen MR) is 100 cm³/mol. The first-order chi connectivity index (χ1) is 12.5. The van der Waals surface area contributed by atoms with Crippen LogP contribution in [0.5, 0.6) is 0 Å². The van der Waals surface area contributed by atoms with E-state index in [2.05, 4.69) is 43.4 Å². The Morgan fingerprint density at radius 1 is 1.08 bits per heavy atom. The summed E-state index contributed by atoms with van der Waals surface area (Å²) >= 11 is 0. The number of para-hydroxylation sites is 1. The molecule has 2 fully saturated rings. The van der Waals surface area contributed by atoms with Crippen molar-refractivity contribution in [3.05, 3.63) is 64.2 Å².